The van der Waals surface area contributed by atoms with Gasteiger partial charge in [-0.3, -0.25) is 4.90 Å². The first-order valence-electron chi connectivity index (χ1n) is 8.56. The molecule has 3 nitrogen and oxygen atoms in total. The average molecular weight is 281 g/mol. The smallest absolute Gasteiger partial charge is 0.0223 e. The van der Waals surface area contributed by atoms with Crippen LogP contribution in [0, 0.1) is 11.3 Å². The van der Waals surface area contributed by atoms with Crippen LogP contribution in [0.1, 0.15) is 46.5 Å². The van der Waals surface area contributed by atoms with Crippen molar-refractivity contribution >= 4 is 0 Å². The molecule has 2 rings (SSSR count). The third-order valence-corrected chi connectivity index (χ3v) is 5.44. The van der Waals surface area contributed by atoms with Crippen molar-refractivity contribution < 1.29 is 0 Å². The molecule has 3 heteroatoms. The van der Waals surface area contributed by atoms with Crippen molar-refractivity contribution in [1.29, 1.82) is 0 Å². The minimum atomic E-state index is 0.470. The second-order valence-corrected chi connectivity index (χ2v) is 7.88. The molecule has 3 atom stereocenters. The summed E-state index contributed by atoms with van der Waals surface area (Å²) < 4.78 is 0. The maximum Gasteiger partial charge on any atom is 0.0223 e. The molecule has 1 saturated heterocycles. The van der Waals surface area contributed by atoms with Gasteiger partial charge in [0, 0.05) is 25.2 Å². The van der Waals surface area contributed by atoms with Gasteiger partial charge in [-0.15, -0.1) is 0 Å². The first-order valence-corrected chi connectivity index (χ1v) is 8.56. The second kappa shape index (κ2) is 6.76. The molecular formula is C17H35N3. The molecule has 0 bridgehead atoms. The van der Waals surface area contributed by atoms with Gasteiger partial charge in [-0.05, 0) is 64.2 Å². The van der Waals surface area contributed by atoms with Crippen molar-refractivity contribution in [2.45, 2.75) is 58.5 Å². The largest absolute Gasteiger partial charge is 0.313 e. The van der Waals surface area contributed by atoms with Crippen LogP contribution in [0.4, 0.5) is 0 Å². The number of hydrogen-bond donors (Lipinski definition) is 1. The van der Waals surface area contributed by atoms with E-state index in [0.29, 0.717) is 11.5 Å². The SMILES string of the molecule is CCNC1C(CN2CCCC2CN(C)C)CCC1(C)C. The van der Waals surface area contributed by atoms with Gasteiger partial charge >= 0.3 is 0 Å². The Bertz CT molecular complexity index is 301. The van der Waals surface area contributed by atoms with Crippen LogP contribution < -0.4 is 5.32 Å². The van der Waals surface area contributed by atoms with E-state index >= 15 is 0 Å². The van der Waals surface area contributed by atoms with E-state index in [0.717, 1.165) is 18.5 Å². The predicted octanol–water partition coefficient (Wildman–Crippen LogP) is 2.43. The highest BCUT2D eigenvalue weighted by Crippen LogP contribution is 2.42. The molecule has 0 aromatic rings. The molecular weight excluding hydrogens is 246 g/mol. The van der Waals surface area contributed by atoms with Crippen LogP contribution in [0.2, 0.25) is 0 Å². The minimum Gasteiger partial charge on any atom is -0.313 e. The number of likely N-dealkylation sites (tertiary alicyclic amines) is 1. The van der Waals surface area contributed by atoms with Gasteiger partial charge in [0.1, 0.15) is 0 Å². The van der Waals surface area contributed by atoms with Gasteiger partial charge in [-0.25, -0.2) is 0 Å². The summed E-state index contributed by atoms with van der Waals surface area (Å²) in [7, 11) is 4.41. The van der Waals surface area contributed by atoms with Crippen molar-refractivity contribution in [2.75, 3.05) is 40.3 Å². The van der Waals surface area contributed by atoms with Gasteiger partial charge < -0.3 is 10.2 Å². The van der Waals surface area contributed by atoms with Gasteiger partial charge in [-0.1, -0.05) is 20.8 Å². The van der Waals surface area contributed by atoms with Gasteiger partial charge in [0.05, 0.1) is 0 Å². The highest BCUT2D eigenvalue weighted by Gasteiger charge is 2.42. The highest BCUT2D eigenvalue weighted by molar-refractivity contribution is 4.98. The maximum atomic E-state index is 3.78. The number of likely N-dealkylation sites (N-methyl/N-ethyl adjacent to an activating group) is 1. The van der Waals surface area contributed by atoms with E-state index in [2.05, 4.69) is 50.0 Å². The number of nitrogens with one attached hydrogen (secondary N) is 1. The molecule has 2 aliphatic rings. The third-order valence-electron chi connectivity index (χ3n) is 5.44. The standard InChI is InChI=1S/C17H35N3/c1-6-18-16-14(9-10-17(16,2)3)12-20-11-7-8-15(20)13-19(4)5/h14-16,18H,6-13H2,1-5H3. The van der Waals surface area contributed by atoms with Crippen molar-refractivity contribution in [2.24, 2.45) is 11.3 Å². The Morgan fingerprint density at radius 3 is 2.65 bits per heavy atom. The Kier molecular flexibility index (Phi) is 5.49. The van der Waals surface area contributed by atoms with Gasteiger partial charge in [-0.2, -0.15) is 0 Å². The Hall–Kier alpha value is -0.120. The van der Waals surface area contributed by atoms with Gasteiger partial charge in [0.2, 0.25) is 0 Å². The molecule has 1 aliphatic carbocycles. The van der Waals surface area contributed by atoms with E-state index in [9.17, 15) is 0 Å². The Morgan fingerprint density at radius 1 is 1.25 bits per heavy atom. The van der Waals surface area contributed by atoms with Crippen LogP contribution in [0.5, 0.6) is 0 Å². The van der Waals surface area contributed by atoms with Gasteiger partial charge in [0.25, 0.3) is 0 Å². The maximum absolute atomic E-state index is 3.78. The zero-order valence-corrected chi connectivity index (χ0v) is 14.3. The molecule has 1 saturated carbocycles. The molecule has 3 unspecified atom stereocenters. The first-order chi connectivity index (χ1) is 9.44. The molecule has 2 fully saturated rings. The summed E-state index contributed by atoms with van der Waals surface area (Å²) in [6, 6.07) is 1.49. The molecule has 20 heavy (non-hydrogen) atoms. The normalized spacial score (nSPS) is 34.2. The van der Waals surface area contributed by atoms with Crippen molar-refractivity contribution in [3.8, 4) is 0 Å². The van der Waals surface area contributed by atoms with Crippen molar-refractivity contribution in [3.05, 3.63) is 0 Å². The van der Waals surface area contributed by atoms with Crippen molar-refractivity contribution in [1.82, 2.24) is 15.1 Å². The predicted molar refractivity (Wildman–Crippen MR) is 87.1 cm³/mol. The zero-order chi connectivity index (χ0) is 14.8. The lowest BCUT2D eigenvalue weighted by molar-refractivity contribution is 0.156. The van der Waals surface area contributed by atoms with Crippen LogP contribution in [0.15, 0.2) is 0 Å². The van der Waals surface area contributed by atoms with E-state index in [1.165, 1.54) is 45.3 Å². The van der Waals surface area contributed by atoms with E-state index in [1.54, 1.807) is 0 Å². The number of hydrogen-bond acceptors (Lipinski definition) is 3. The molecule has 0 aromatic carbocycles. The summed E-state index contributed by atoms with van der Waals surface area (Å²) in [6.07, 6.45) is 5.55. The molecule has 0 amide bonds. The fourth-order valence-corrected chi connectivity index (χ4v) is 4.44. The van der Waals surface area contributed by atoms with Crippen LogP contribution in [-0.4, -0.2) is 62.2 Å². The summed E-state index contributed by atoms with van der Waals surface area (Å²) in [5.41, 5.74) is 0.470. The van der Waals surface area contributed by atoms with E-state index < -0.39 is 0 Å². The molecule has 1 N–H and O–H groups in total. The summed E-state index contributed by atoms with van der Waals surface area (Å²) >= 11 is 0. The lowest BCUT2D eigenvalue weighted by Gasteiger charge is -2.35. The first kappa shape index (κ1) is 16.3. The van der Waals surface area contributed by atoms with Crippen molar-refractivity contribution in [3.63, 3.8) is 0 Å². The second-order valence-electron chi connectivity index (χ2n) is 7.88. The molecule has 0 spiro atoms. The van der Waals surface area contributed by atoms with Crippen LogP contribution in [0.25, 0.3) is 0 Å². The Balaban J connectivity index is 1.94. The number of rotatable bonds is 6. The van der Waals surface area contributed by atoms with E-state index in [-0.39, 0.29) is 0 Å². The topological polar surface area (TPSA) is 18.5 Å². The fraction of sp³-hybridized carbons (Fsp3) is 1.00. The minimum absolute atomic E-state index is 0.470. The zero-order valence-electron chi connectivity index (χ0n) is 14.3. The van der Waals surface area contributed by atoms with Crippen LogP contribution in [-0.2, 0) is 0 Å². The van der Waals surface area contributed by atoms with Gasteiger partial charge in [0.15, 0.2) is 0 Å². The average Bonchev–Trinajstić information content (AvgIpc) is 2.88. The quantitative estimate of drug-likeness (QED) is 0.807. The van der Waals surface area contributed by atoms with E-state index in [4.69, 9.17) is 0 Å². The highest BCUT2D eigenvalue weighted by atomic mass is 15.2. The lowest BCUT2D eigenvalue weighted by atomic mass is 9.84. The third kappa shape index (κ3) is 3.75. The Morgan fingerprint density at radius 2 is 2.00 bits per heavy atom. The summed E-state index contributed by atoms with van der Waals surface area (Å²) in [5, 5.41) is 3.78. The summed E-state index contributed by atoms with van der Waals surface area (Å²) in [4.78, 5) is 5.12. The molecule has 0 aromatic heterocycles. The molecule has 1 aliphatic heterocycles. The fourth-order valence-electron chi connectivity index (χ4n) is 4.44. The van der Waals surface area contributed by atoms with Crippen LogP contribution in [0.3, 0.4) is 0 Å². The molecule has 118 valence electrons. The van der Waals surface area contributed by atoms with Crippen LogP contribution >= 0.6 is 0 Å². The summed E-state index contributed by atoms with van der Waals surface area (Å²) in [6.45, 7) is 12.1. The number of nitrogens with zero attached hydrogens (tertiary/aromatic N) is 2. The van der Waals surface area contributed by atoms with E-state index in [1.807, 2.05) is 0 Å². The molecule has 1 heterocycles. The summed E-state index contributed by atoms with van der Waals surface area (Å²) in [5.74, 6) is 0.840. The monoisotopic (exact) mass is 281 g/mol. The lowest BCUT2D eigenvalue weighted by Crippen LogP contribution is -2.47. The Labute approximate surface area is 126 Å². The molecule has 0 radical (unpaired) electrons.